The van der Waals surface area contributed by atoms with Crippen LogP contribution in [0.4, 0.5) is 4.79 Å². The fourth-order valence-electron chi connectivity index (χ4n) is 3.42. The van der Waals surface area contributed by atoms with Crippen LogP contribution in [0.3, 0.4) is 0 Å². The fourth-order valence-corrected chi connectivity index (χ4v) is 3.42. The summed E-state index contributed by atoms with van der Waals surface area (Å²) in [6.45, 7) is 6.85. The van der Waals surface area contributed by atoms with Gasteiger partial charge in [-0.25, -0.2) is 4.79 Å². The second-order valence-electron chi connectivity index (χ2n) is 8.38. The lowest BCUT2D eigenvalue weighted by molar-refractivity contribution is 0.0193. The van der Waals surface area contributed by atoms with Gasteiger partial charge < -0.3 is 15.0 Å². The molecule has 0 saturated heterocycles. The Balaban J connectivity index is 1.50. The van der Waals surface area contributed by atoms with Gasteiger partial charge in [-0.15, -0.1) is 0 Å². The third-order valence-corrected chi connectivity index (χ3v) is 5.03. The van der Waals surface area contributed by atoms with Crippen molar-refractivity contribution in [2.75, 3.05) is 6.54 Å². The molecule has 1 aliphatic heterocycles. The minimum atomic E-state index is -0.560. The van der Waals surface area contributed by atoms with Crippen molar-refractivity contribution in [2.45, 2.75) is 57.8 Å². The lowest BCUT2D eigenvalue weighted by Crippen LogP contribution is -2.42. The molecule has 28 heavy (non-hydrogen) atoms. The molecule has 2 aromatic heterocycles. The third-order valence-electron chi connectivity index (χ3n) is 5.03. The molecule has 0 unspecified atom stereocenters. The van der Waals surface area contributed by atoms with Crippen LogP contribution in [0.5, 0.6) is 0 Å². The van der Waals surface area contributed by atoms with E-state index in [0.29, 0.717) is 25.2 Å². The first-order valence-corrected chi connectivity index (χ1v) is 9.54. The van der Waals surface area contributed by atoms with E-state index in [1.807, 2.05) is 39.0 Å². The Bertz CT molecular complexity index is 896. The Morgan fingerprint density at radius 3 is 2.64 bits per heavy atom. The van der Waals surface area contributed by atoms with Crippen LogP contribution in [0, 0.1) is 0 Å². The van der Waals surface area contributed by atoms with Crippen LogP contribution in [-0.2, 0) is 23.4 Å². The highest BCUT2D eigenvalue weighted by Crippen LogP contribution is 2.44. The number of fused-ring (bicyclic) bond motifs is 1. The van der Waals surface area contributed by atoms with Crippen LogP contribution in [-0.4, -0.2) is 43.8 Å². The Morgan fingerprint density at radius 2 is 2.00 bits per heavy atom. The molecule has 0 radical (unpaired) electrons. The maximum atomic E-state index is 13.0. The number of amides is 2. The van der Waals surface area contributed by atoms with Crippen molar-refractivity contribution >= 4 is 12.0 Å². The molecular weight excluding hydrogens is 358 g/mol. The average molecular weight is 383 g/mol. The Hall–Kier alpha value is -2.90. The van der Waals surface area contributed by atoms with Crippen molar-refractivity contribution in [2.24, 2.45) is 0 Å². The van der Waals surface area contributed by atoms with E-state index in [9.17, 15) is 9.59 Å². The maximum Gasteiger partial charge on any atom is 0.410 e. The number of hydrogen-bond donors (Lipinski definition) is 1. The predicted octanol–water partition coefficient (Wildman–Crippen LogP) is 2.45. The van der Waals surface area contributed by atoms with E-state index in [-0.39, 0.29) is 12.0 Å². The summed E-state index contributed by atoms with van der Waals surface area (Å²) in [5, 5.41) is 7.46. The predicted molar refractivity (Wildman–Crippen MR) is 101 cm³/mol. The van der Waals surface area contributed by atoms with Gasteiger partial charge in [0.05, 0.1) is 41.8 Å². The van der Waals surface area contributed by atoms with E-state index in [1.54, 1.807) is 22.0 Å². The van der Waals surface area contributed by atoms with Gasteiger partial charge in [0.15, 0.2) is 0 Å². The molecule has 1 aliphatic carbocycles. The van der Waals surface area contributed by atoms with Gasteiger partial charge in [-0.05, 0) is 45.7 Å². The van der Waals surface area contributed by atoms with Crippen molar-refractivity contribution in [3.05, 3.63) is 47.5 Å². The molecule has 1 fully saturated rings. The number of nitrogens with zero attached hydrogens (tertiary/aromatic N) is 4. The van der Waals surface area contributed by atoms with Crippen molar-refractivity contribution < 1.29 is 14.3 Å². The minimum absolute atomic E-state index is 0.185. The Labute approximate surface area is 163 Å². The first kappa shape index (κ1) is 18.5. The monoisotopic (exact) mass is 383 g/mol. The lowest BCUT2D eigenvalue weighted by Gasteiger charge is -2.30. The summed E-state index contributed by atoms with van der Waals surface area (Å²) in [5.41, 5.74) is 1.14. The highest BCUT2D eigenvalue weighted by atomic mass is 16.6. The largest absolute Gasteiger partial charge is 0.444 e. The van der Waals surface area contributed by atoms with E-state index in [0.717, 1.165) is 24.2 Å². The summed E-state index contributed by atoms with van der Waals surface area (Å²) >= 11 is 0. The Morgan fingerprint density at radius 1 is 1.21 bits per heavy atom. The molecule has 8 nitrogen and oxygen atoms in total. The highest BCUT2D eigenvalue weighted by molar-refractivity contribution is 5.96. The molecule has 0 spiro atoms. The molecule has 1 saturated carbocycles. The molecule has 148 valence electrons. The normalized spacial score (nSPS) is 17.6. The summed E-state index contributed by atoms with van der Waals surface area (Å²) in [7, 11) is 0. The number of ether oxygens (including phenoxy) is 1. The van der Waals surface area contributed by atoms with E-state index >= 15 is 0 Å². The summed E-state index contributed by atoms with van der Waals surface area (Å²) in [6, 6.07) is 5.72. The Kier molecular flexibility index (Phi) is 4.36. The van der Waals surface area contributed by atoms with Crippen molar-refractivity contribution in [1.29, 1.82) is 0 Å². The number of hydrogen-bond acceptors (Lipinski definition) is 5. The summed E-state index contributed by atoms with van der Waals surface area (Å²) in [5.74, 6) is -0.185. The third kappa shape index (κ3) is 3.58. The average Bonchev–Trinajstić information content (AvgIpc) is 3.30. The van der Waals surface area contributed by atoms with E-state index < -0.39 is 11.1 Å². The number of nitrogens with one attached hydrogen (secondary N) is 1. The molecule has 2 amide bonds. The molecule has 2 aliphatic rings. The van der Waals surface area contributed by atoms with Crippen LogP contribution >= 0.6 is 0 Å². The number of rotatable bonds is 3. The second-order valence-corrected chi connectivity index (χ2v) is 8.38. The van der Waals surface area contributed by atoms with Gasteiger partial charge in [-0.2, -0.15) is 5.10 Å². The van der Waals surface area contributed by atoms with E-state index in [2.05, 4.69) is 15.4 Å². The number of carbonyl (C=O) groups excluding carboxylic acids is 2. The van der Waals surface area contributed by atoms with Gasteiger partial charge in [0.25, 0.3) is 5.91 Å². The quantitative estimate of drug-likeness (QED) is 0.879. The van der Waals surface area contributed by atoms with Crippen LogP contribution in [0.2, 0.25) is 0 Å². The minimum Gasteiger partial charge on any atom is -0.444 e. The molecule has 8 heteroatoms. The molecule has 3 heterocycles. The fraction of sp³-hybridized carbons (Fsp3) is 0.500. The van der Waals surface area contributed by atoms with E-state index in [4.69, 9.17) is 4.74 Å². The van der Waals surface area contributed by atoms with E-state index in [1.165, 1.54) is 0 Å². The second kappa shape index (κ2) is 6.61. The molecule has 0 bridgehead atoms. The zero-order chi connectivity index (χ0) is 19.9. The SMILES string of the molecule is CC(C)(C)OC(=O)N1CCn2ncc(C(=O)NC3(c4ccccn4)CC3)c2C1. The summed E-state index contributed by atoms with van der Waals surface area (Å²) < 4.78 is 7.25. The number of pyridine rings is 1. The van der Waals surface area contributed by atoms with Gasteiger partial charge in [0.1, 0.15) is 5.60 Å². The first-order valence-electron chi connectivity index (χ1n) is 9.54. The number of aromatic nitrogens is 3. The molecule has 0 aromatic carbocycles. The van der Waals surface area contributed by atoms with Crippen LogP contribution < -0.4 is 5.32 Å². The molecule has 1 N–H and O–H groups in total. The smallest absolute Gasteiger partial charge is 0.410 e. The zero-order valence-corrected chi connectivity index (χ0v) is 16.4. The van der Waals surface area contributed by atoms with Gasteiger partial charge in [-0.3, -0.25) is 14.5 Å². The molecule has 4 rings (SSSR count). The highest BCUT2D eigenvalue weighted by Gasteiger charge is 2.47. The van der Waals surface area contributed by atoms with Gasteiger partial charge in [-0.1, -0.05) is 6.07 Å². The van der Waals surface area contributed by atoms with Crippen LogP contribution in [0.1, 0.15) is 55.4 Å². The topological polar surface area (TPSA) is 89.4 Å². The zero-order valence-electron chi connectivity index (χ0n) is 16.4. The van der Waals surface area contributed by atoms with Crippen LogP contribution in [0.25, 0.3) is 0 Å². The number of carbonyl (C=O) groups is 2. The standard InChI is InChI=1S/C20H25N5O3/c1-19(2,3)28-18(27)24-10-11-25-15(13-24)14(12-22-25)17(26)23-20(7-8-20)16-6-4-5-9-21-16/h4-6,9,12H,7-8,10-11,13H2,1-3H3,(H,23,26). The molecular formula is C20H25N5O3. The summed E-state index contributed by atoms with van der Waals surface area (Å²) in [4.78, 5) is 31.4. The first-order chi connectivity index (χ1) is 13.3. The molecule has 0 atom stereocenters. The van der Waals surface area contributed by atoms with Crippen LogP contribution in [0.15, 0.2) is 30.6 Å². The van der Waals surface area contributed by atoms with Crippen molar-refractivity contribution in [3.8, 4) is 0 Å². The van der Waals surface area contributed by atoms with Crippen molar-refractivity contribution in [1.82, 2.24) is 25.0 Å². The van der Waals surface area contributed by atoms with Crippen molar-refractivity contribution in [3.63, 3.8) is 0 Å². The molecule has 2 aromatic rings. The summed E-state index contributed by atoms with van der Waals surface area (Å²) in [6.07, 6.45) is 4.67. The lowest BCUT2D eigenvalue weighted by atomic mass is 10.1. The maximum absolute atomic E-state index is 13.0. The van der Waals surface area contributed by atoms with Gasteiger partial charge in [0, 0.05) is 12.7 Å². The van der Waals surface area contributed by atoms with Gasteiger partial charge >= 0.3 is 6.09 Å². The van der Waals surface area contributed by atoms with Gasteiger partial charge in [0.2, 0.25) is 0 Å².